The molecule has 152 valence electrons. The number of halogens is 1. The van der Waals surface area contributed by atoms with E-state index in [1.807, 2.05) is 4.90 Å². The number of carbonyl (C=O) groups excluding carboxylic acids is 2. The molecule has 2 aliphatic heterocycles. The summed E-state index contributed by atoms with van der Waals surface area (Å²) in [4.78, 5) is 26.4. The number of carbonyl (C=O) groups is 2. The van der Waals surface area contributed by atoms with Crippen LogP contribution in [0.1, 0.15) is 25.7 Å². The van der Waals surface area contributed by atoms with Crippen LogP contribution in [0.15, 0.2) is 36.4 Å². The number of likely N-dealkylation sites (tertiary alicyclic amines) is 1. The van der Waals surface area contributed by atoms with Gasteiger partial charge < -0.3 is 25.4 Å². The van der Waals surface area contributed by atoms with E-state index in [1.165, 1.54) is 18.2 Å². The maximum absolute atomic E-state index is 13.6. The zero-order valence-electron chi connectivity index (χ0n) is 15.6. The number of ether oxygens (including phenoxy) is 1. The summed E-state index contributed by atoms with van der Waals surface area (Å²) >= 11 is 0. The molecule has 1 aromatic carbocycles. The van der Waals surface area contributed by atoms with Crippen LogP contribution in [-0.4, -0.2) is 59.9 Å². The Morgan fingerprint density at radius 1 is 1.18 bits per heavy atom. The monoisotopic (exact) mass is 391 g/mol. The number of hydrogen-bond acceptors (Lipinski definition) is 4. The third-order valence-corrected chi connectivity index (χ3v) is 4.97. The summed E-state index contributed by atoms with van der Waals surface area (Å²) in [6, 6.07) is 4.65. The summed E-state index contributed by atoms with van der Waals surface area (Å²) in [7, 11) is 0. The molecule has 8 heteroatoms. The second kappa shape index (κ2) is 9.66. The Kier molecular flexibility index (Phi) is 7.00. The third kappa shape index (κ3) is 5.30. The van der Waals surface area contributed by atoms with E-state index in [1.54, 1.807) is 18.2 Å². The molecule has 2 aliphatic rings. The summed E-state index contributed by atoms with van der Waals surface area (Å²) in [5.41, 5.74) is 0.0614. The SMILES string of the molecule is O=C(Nc1ccccc1F)N[C@H]1C=C[C@H](CC(=O)N2CCCCC2)O[C@H]1CO. The van der Waals surface area contributed by atoms with Crippen molar-refractivity contribution in [1.82, 2.24) is 10.2 Å². The van der Waals surface area contributed by atoms with Crippen molar-refractivity contribution in [2.75, 3.05) is 25.0 Å². The molecule has 3 N–H and O–H groups in total. The summed E-state index contributed by atoms with van der Waals surface area (Å²) in [6.07, 6.45) is 5.71. The lowest BCUT2D eigenvalue weighted by Gasteiger charge is -2.33. The van der Waals surface area contributed by atoms with Gasteiger partial charge in [-0.2, -0.15) is 0 Å². The molecular weight excluding hydrogens is 365 g/mol. The Bertz CT molecular complexity index is 721. The predicted molar refractivity (Wildman–Crippen MR) is 102 cm³/mol. The van der Waals surface area contributed by atoms with Crippen molar-refractivity contribution in [1.29, 1.82) is 0 Å². The van der Waals surface area contributed by atoms with Gasteiger partial charge >= 0.3 is 6.03 Å². The first-order valence-corrected chi connectivity index (χ1v) is 9.61. The molecular formula is C20H26FN3O4. The molecule has 3 atom stereocenters. The van der Waals surface area contributed by atoms with Crippen LogP contribution in [0.5, 0.6) is 0 Å². The standard InChI is InChI=1S/C20H26FN3O4/c21-15-6-2-3-7-16(15)22-20(27)23-17-9-8-14(28-18(17)13-25)12-19(26)24-10-4-1-5-11-24/h2-3,6-9,14,17-18,25H,1,4-5,10-13H2,(H2,22,23,27)/t14-,17+,18+/m1/s1. The summed E-state index contributed by atoms with van der Waals surface area (Å²) in [6.45, 7) is 1.24. The summed E-state index contributed by atoms with van der Waals surface area (Å²) in [5.74, 6) is -0.502. The number of hydrogen-bond donors (Lipinski definition) is 3. The molecule has 0 unspecified atom stereocenters. The molecule has 0 radical (unpaired) electrons. The van der Waals surface area contributed by atoms with Gasteiger partial charge in [-0.25, -0.2) is 9.18 Å². The highest BCUT2D eigenvalue weighted by molar-refractivity contribution is 5.89. The number of piperidine rings is 1. The van der Waals surface area contributed by atoms with Gasteiger partial charge in [0.05, 0.1) is 30.9 Å². The third-order valence-electron chi connectivity index (χ3n) is 4.97. The lowest BCUT2D eigenvalue weighted by Crippen LogP contribution is -2.50. The average Bonchev–Trinajstić information content (AvgIpc) is 2.71. The number of aliphatic hydroxyl groups is 1. The molecule has 1 aromatic rings. The number of benzene rings is 1. The molecule has 0 aliphatic carbocycles. The highest BCUT2D eigenvalue weighted by Crippen LogP contribution is 2.19. The van der Waals surface area contributed by atoms with E-state index in [9.17, 15) is 19.1 Å². The van der Waals surface area contributed by atoms with E-state index in [-0.39, 0.29) is 24.6 Å². The first kappa shape index (κ1) is 20.3. The zero-order chi connectivity index (χ0) is 19.9. The van der Waals surface area contributed by atoms with Crippen molar-refractivity contribution >= 4 is 17.6 Å². The van der Waals surface area contributed by atoms with Crippen LogP contribution in [0.2, 0.25) is 0 Å². The highest BCUT2D eigenvalue weighted by Gasteiger charge is 2.30. The average molecular weight is 391 g/mol. The number of para-hydroxylation sites is 1. The number of amides is 3. The Morgan fingerprint density at radius 2 is 1.93 bits per heavy atom. The lowest BCUT2D eigenvalue weighted by atomic mass is 10.0. The van der Waals surface area contributed by atoms with Gasteiger partial charge in [-0.05, 0) is 31.4 Å². The van der Waals surface area contributed by atoms with Gasteiger partial charge in [0.1, 0.15) is 11.9 Å². The van der Waals surface area contributed by atoms with E-state index in [2.05, 4.69) is 10.6 Å². The van der Waals surface area contributed by atoms with Gasteiger partial charge in [-0.15, -0.1) is 0 Å². The minimum Gasteiger partial charge on any atom is -0.394 e. The number of nitrogens with one attached hydrogen (secondary N) is 2. The molecule has 7 nitrogen and oxygen atoms in total. The van der Waals surface area contributed by atoms with E-state index in [0.717, 1.165) is 32.4 Å². The fraction of sp³-hybridized carbons (Fsp3) is 0.500. The smallest absolute Gasteiger partial charge is 0.319 e. The molecule has 0 bridgehead atoms. The van der Waals surface area contributed by atoms with Gasteiger partial charge in [-0.3, -0.25) is 4.79 Å². The highest BCUT2D eigenvalue weighted by atomic mass is 19.1. The summed E-state index contributed by atoms with van der Waals surface area (Å²) in [5, 5.41) is 14.7. The Labute approximate surface area is 163 Å². The minimum atomic E-state index is -0.685. The zero-order valence-corrected chi connectivity index (χ0v) is 15.6. The van der Waals surface area contributed by atoms with Crippen molar-refractivity contribution in [2.45, 2.75) is 43.9 Å². The van der Waals surface area contributed by atoms with Gasteiger partial charge in [-0.1, -0.05) is 24.3 Å². The van der Waals surface area contributed by atoms with Crippen molar-refractivity contribution < 1.29 is 23.8 Å². The molecule has 1 saturated heterocycles. The number of nitrogens with zero attached hydrogens (tertiary/aromatic N) is 1. The van der Waals surface area contributed by atoms with Crippen LogP contribution in [0, 0.1) is 5.82 Å². The van der Waals surface area contributed by atoms with Crippen molar-refractivity contribution in [3.05, 3.63) is 42.2 Å². The number of anilines is 1. The van der Waals surface area contributed by atoms with Crippen LogP contribution in [0.4, 0.5) is 14.9 Å². The predicted octanol–water partition coefficient (Wildman–Crippen LogP) is 2.03. The molecule has 28 heavy (non-hydrogen) atoms. The van der Waals surface area contributed by atoms with Crippen molar-refractivity contribution in [3.8, 4) is 0 Å². The van der Waals surface area contributed by atoms with Gasteiger partial charge in [0.15, 0.2) is 0 Å². The molecule has 0 aromatic heterocycles. The largest absolute Gasteiger partial charge is 0.394 e. The molecule has 0 saturated carbocycles. The summed E-state index contributed by atoms with van der Waals surface area (Å²) < 4.78 is 19.4. The van der Waals surface area contributed by atoms with Crippen LogP contribution in [0.25, 0.3) is 0 Å². The number of urea groups is 1. The fourth-order valence-electron chi connectivity index (χ4n) is 3.45. The van der Waals surface area contributed by atoms with Gasteiger partial charge in [0, 0.05) is 13.1 Å². The van der Waals surface area contributed by atoms with E-state index < -0.39 is 30.1 Å². The Morgan fingerprint density at radius 3 is 2.64 bits per heavy atom. The molecule has 3 rings (SSSR count). The van der Waals surface area contributed by atoms with Crippen LogP contribution in [0.3, 0.4) is 0 Å². The van der Waals surface area contributed by atoms with Gasteiger partial charge in [0.25, 0.3) is 0 Å². The van der Waals surface area contributed by atoms with Crippen molar-refractivity contribution in [2.24, 2.45) is 0 Å². The van der Waals surface area contributed by atoms with E-state index in [4.69, 9.17) is 4.74 Å². The molecule has 3 amide bonds. The minimum absolute atomic E-state index is 0.0368. The van der Waals surface area contributed by atoms with Gasteiger partial charge in [0.2, 0.25) is 5.91 Å². The van der Waals surface area contributed by atoms with Crippen LogP contribution < -0.4 is 10.6 Å². The second-order valence-electron chi connectivity index (χ2n) is 7.03. The first-order chi connectivity index (χ1) is 13.6. The Balaban J connectivity index is 1.54. The van der Waals surface area contributed by atoms with E-state index >= 15 is 0 Å². The number of aliphatic hydroxyl groups excluding tert-OH is 1. The van der Waals surface area contributed by atoms with Crippen LogP contribution >= 0.6 is 0 Å². The quantitative estimate of drug-likeness (QED) is 0.670. The molecule has 0 spiro atoms. The normalized spacial score (nSPS) is 24.6. The fourth-order valence-corrected chi connectivity index (χ4v) is 3.45. The second-order valence-corrected chi connectivity index (χ2v) is 7.03. The van der Waals surface area contributed by atoms with E-state index in [0.29, 0.717) is 0 Å². The molecule has 2 heterocycles. The lowest BCUT2D eigenvalue weighted by molar-refractivity contribution is -0.136. The maximum Gasteiger partial charge on any atom is 0.319 e. The molecule has 1 fully saturated rings. The number of rotatable bonds is 5. The maximum atomic E-state index is 13.6. The Hall–Kier alpha value is -2.45. The first-order valence-electron chi connectivity index (χ1n) is 9.61. The topological polar surface area (TPSA) is 90.9 Å². The van der Waals surface area contributed by atoms with Crippen LogP contribution in [-0.2, 0) is 9.53 Å². The van der Waals surface area contributed by atoms with Crippen molar-refractivity contribution in [3.63, 3.8) is 0 Å².